The SMILES string of the molecule is O=C(/C=C/c1cccs1)NC[C@H]1Cc2cc(Cl)cc(-c3ncccn3)c2O1. The molecule has 27 heavy (non-hydrogen) atoms. The van der Waals surface area contributed by atoms with Gasteiger partial charge in [0.15, 0.2) is 5.82 Å². The van der Waals surface area contributed by atoms with Gasteiger partial charge in [-0.15, -0.1) is 11.3 Å². The van der Waals surface area contributed by atoms with Gasteiger partial charge in [0, 0.05) is 40.4 Å². The summed E-state index contributed by atoms with van der Waals surface area (Å²) < 4.78 is 6.07. The molecule has 3 aromatic rings. The number of ether oxygens (including phenoxy) is 1. The average molecular weight is 398 g/mol. The standard InChI is InChI=1S/C20H16ClN3O2S/c21-14-9-13-10-15(12-24-18(25)5-4-16-3-1-8-27-16)26-19(13)17(11-14)20-22-6-2-7-23-20/h1-9,11,15H,10,12H2,(H,24,25)/b5-4+/t15-/m1/s1. The number of carbonyl (C=O) groups excluding carboxylic acids is 1. The van der Waals surface area contributed by atoms with E-state index in [0.717, 1.165) is 21.8 Å². The number of carbonyl (C=O) groups is 1. The normalized spacial score (nSPS) is 15.5. The van der Waals surface area contributed by atoms with Crippen LogP contribution in [0.15, 0.2) is 54.2 Å². The summed E-state index contributed by atoms with van der Waals surface area (Å²) in [7, 11) is 0. The van der Waals surface area contributed by atoms with E-state index < -0.39 is 0 Å². The molecule has 0 saturated heterocycles. The lowest BCUT2D eigenvalue weighted by atomic mass is 10.1. The first-order chi connectivity index (χ1) is 13.2. The maximum Gasteiger partial charge on any atom is 0.244 e. The minimum Gasteiger partial charge on any atom is -0.487 e. The molecule has 1 aliphatic heterocycles. The Hall–Kier alpha value is -2.70. The lowest BCUT2D eigenvalue weighted by Gasteiger charge is -2.12. The van der Waals surface area contributed by atoms with Gasteiger partial charge < -0.3 is 10.1 Å². The summed E-state index contributed by atoms with van der Waals surface area (Å²) in [5, 5.41) is 5.47. The van der Waals surface area contributed by atoms with Crippen LogP contribution < -0.4 is 10.1 Å². The number of benzene rings is 1. The van der Waals surface area contributed by atoms with Gasteiger partial charge in [0.05, 0.1) is 12.1 Å². The average Bonchev–Trinajstić information content (AvgIpc) is 3.34. The van der Waals surface area contributed by atoms with Crippen LogP contribution in [0.2, 0.25) is 5.02 Å². The number of hydrogen-bond acceptors (Lipinski definition) is 5. The van der Waals surface area contributed by atoms with E-state index in [1.54, 1.807) is 41.9 Å². The molecule has 0 saturated carbocycles. The third-order valence-electron chi connectivity index (χ3n) is 4.12. The van der Waals surface area contributed by atoms with Crippen molar-refractivity contribution < 1.29 is 9.53 Å². The van der Waals surface area contributed by atoms with Crippen molar-refractivity contribution in [2.75, 3.05) is 6.54 Å². The van der Waals surface area contributed by atoms with E-state index in [0.29, 0.717) is 23.8 Å². The molecule has 1 N–H and O–H groups in total. The number of nitrogens with zero attached hydrogens (tertiary/aromatic N) is 2. The molecule has 0 bridgehead atoms. The van der Waals surface area contributed by atoms with Crippen molar-refractivity contribution >= 4 is 34.9 Å². The Balaban J connectivity index is 1.43. The Labute approximate surface area is 165 Å². The molecule has 1 aromatic carbocycles. The van der Waals surface area contributed by atoms with Crippen molar-refractivity contribution in [2.45, 2.75) is 12.5 Å². The molecule has 136 valence electrons. The first-order valence-corrected chi connectivity index (χ1v) is 9.70. The van der Waals surface area contributed by atoms with Crippen molar-refractivity contribution in [2.24, 2.45) is 0 Å². The van der Waals surface area contributed by atoms with Crippen molar-refractivity contribution in [1.82, 2.24) is 15.3 Å². The molecule has 0 aliphatic carbocycles. The highest BCUT2D eigenvalue weighted by Crippen LogP contribution is 2.39. The topological polar surface area (TPSA) is 64.1 Å². The number of nitrogens with one attached hydrogen (secondary N) is 1. The monoisotopic (exact) mass is 397 g/mol. The molecule has 7 heteroatoms. The van der Waals surface area contributed by atoms with E-state index in [2.05, 4.69) is 15.3 Å². The summed E-state index contributed by atoms with van der Waals surface area (Å²) in [6.45, 7) is 0.412. The Kier molecular flexibility index (Phi) is 5.18. The van der Waals surface area contributed by atoms with E-state index in [4.69, 9.17) is 16.3 Å². The van der Waals surface area contributed by atoms with Gasteiger partial charge >= 0.3 is 0 Å². The van der Waals surface area contributed by atoms with Crippen LogP contribution in [0.4, 0.5) is 0 Å². The zero-order chi connectivity index (χ0) is 18.6. The zero-order valence-corrected chi connectivity index (χ0v) is 15.8. The molecular weight excluding hydrogens is 382 g/mol. The number of halogens is 1. The molecule has 1 aliphatic rings. The van der Waals surface area contributed by atoms with E-state index in [9.17, 15) is 4.79 Å². The highest BCUT2D eigenvalue weighted by Gasteiger charge is 2.27. The Morgan fingerprint density at radius 1 is 1.33 bits per heavy atom. The van der Waals surface area contributed by atoms with Gasteiger partial charge in [-0.2, -0.15) is 0 Å². The first kappa shape index (κ1) is 17.7. The minimum atomic E-state index is -0.153. The number of thiophene rings is 1. The van der Waals surface area contributed by atoms with Crippen LogP contribution in [-0.2, 0) is 11.2 Å². The van der Waals surface area contributed by atoms with Crippen molar-refractivity contribution in [3.8, 4) is 17.1 Å². The van der Waals surface area contributed by atoms with Gasteiger partial charge in [-0.25, -0.2) is 9.97 Å². The number of aromatic nitrogens is 2. The third kappa shape index (κ3) is 4.18. The molecule has 4 rings (SSSR count). The molecule has 5 nitrogen and oxygen atoms in total. The molecular formula is C20H16ClN3O2S. The molecule has 1 atom stereocenters. The van der Waals surface area contributed by atoms with Gasteiger partial charge in [0.1, 0.15) is 11.9 Å². The summed E-state index contributed by atoms with van der Waals surface area (Å²) in [5.41, 5.74) is 1.77. The highest BCUT2D eigenvalue weighted by atomic mass is 35.5. The van der Waals surface area contributed by atoms with Gasteiger partial charge in [0.2, 0.25) is 5.91 Å². The van der Waals surface area contributed by atoms with Gasteiger partial charge in [-0.3, -0.25) is 4.79 Å². The van der Waals surface area contributed by atoms with Crippen LogP contribution in [0.1, 0.15) is 10.4 Å². The van der Waals surface area contributed by atoms with Crippen LogP contribution in [0, 0.1) is 0 Å². The number of fused-ring (bicyclic) bond motifs is 1. The molecule has 0 unspecified atom stereocenters. The van der Waals surface area contributed by atoms with Gasteiger partial charge in [-0.1, -0.05) is 17.7 Å². The van der Waals surface area contributed by atoms with Crippen LogP contribution in [0.3, 0.4) is 0 Å². The Bertz CT molecular complexity index is 974. The maximum atomic E-state index is 12.0. The summed E-state index contributed by atoms with van der Waals surface area (Å²) in [4.78, 5) is 21.6. The van der Waals surface area contributed by atoms with Crippen LogP contribution in [-0.4, -0.2) is 28.5 Å². The molecule has 1 amide bonds. The summed E-state index contributed by atoms with van der Waals surface area (Å²) >= 11 is 7.84. The Morgan fingerprint density at radius 3 is 2.96 bits per heavy atom. The van der Waals surface area contributed by atoms with E-state index in [-0.39, 0.29) is 12.0 Å². The van der Waals surface area contributed by atoms with Gasteiger partial charge in [-0.05, 0) is 35.7 Å². The van der Waals surface area contributed by atoms with Crippen LogP contribution in [0.5, 0.6) is 5.75 Å². The third-order valence-corrected chi connectivity index (χ3v) is 5.17. The molecule has 0 fully saturated rings. The zero-order valence-electron chi connectivity index (χ0n) is 14.3. The molecule has 0 radical (unpaired) electrons. The number of rotatable bonds is 5. The number of hydrogen-bond donors (Lipinski definition) is 1. The smallest absolute Gasteiger partial charge is 0.244 e. The molecule has 3 heterocycles. The lowest BCUT2D eigenvalue weighted by Crippen LogP contribution is -2.33. The maximum absolute atomic E-state index is 12.0. The second kappa shape index (κ2) is 7.90. The molecule has 2 aromatic heterocycles. The summed E-state index contributed by atoms with van der Waals surface area (Å²) in [5.74, 6) is 1.16. The summed E-state index contributed by atoms with van der Waals surface area (Å²) in [6, 6.07) is 9.37. The van der Waals surface area contributed by atoms with Crippen LogP contribution >= 0.6 is 22.9 Å². The fraction of sp³-hybridized carbons (Fsp3) is 0.150. The number of amides is 1. The van der Waals surface area contributed by atoms with E-state index in [1.165, 1.54) is 6.08 Å². The largest absolute Gasteiger partial charge is 0.487 e. The second-order valence-corrected chi connectivity index (χ2v) is 7.47. The van der Waals surface area contributed by atoms with E-state index >= 15 is 0 Å². The van der Waals surface area contributed by atoms with Crippen molar-refractivity contribution in [3.63, 3.8) is 0 Å². The van der Waals surface area contributed by atoms with Crippen molar-refractivity contribution in [3.05, 3.63) is 69.6 Å². The first-order valence-electron chi connectivity index (χ1n) is 8.45. The fourth-order valence-electron chi connectivity index (χ4n) is 2.93. The minimum absolute atomic E-state index is 0.146. The highest BCUT2D eigenvalue weighted by molar-refractivity contribution is 7.10. The lowest BCUT2D eigenvalue weighted by molar-refractivity contribution is -0.116. The summed E-state index contributed by atoms with van der Waals surface area (Å²) in [6.07, 6.45) is 7.22. The van der Waals surface area contributed by atoms with Crippen molar-refractivity contribution in [1.29, 1.82) is 0 Å². The quantitative estimate of drug-likeness (QED) is 0.661. The predicted octanol–water partition coefficient (Wildman–Crippen LogP) is 3.99. The van der Waals surface area contributed by atoms with Gasteiger partial charge in [0.25, 0.3) is 0 Å². The van der Waals surface area contributed by atoms with E-state index in [1.807, 2.05) is 23.6 Å². The Morgan fingerprint density at radius 2 is 2.19 bits per heavy atom. The second-order valence-electron chi connectivity index (χ2n) is 6.05. The molecule has 0 spiro atoms. The predicted molar refractivity (Wildman–Crippen MR) is 107 cm³/mol. The fourth-order valence-corrected chi connectivity index (χ4v) is 3.79. The van der Waals surface area contributed by atoms with Crippen LogP contribution in [0.25, 0.3) is 17.5 Å².